The van der Waals surface area contributed by atoms with Gasteiger partial charge in [0.25, 0.3) is 0 Å². The number of rotatable bonds is 8. The Labute approximate surface area is 176 Å². The van der Waals surface area contributed by atoms with Gasteiger partial charge in [-0.25, -0.2) is 18.5 Å². The third-order valence-corrected chi connectivity index (χ3v) is 5.99. The number of nitrogens with zero attached hydrogens (tertiary/aromatic N) is 2. The molecular weight excluding hydrogens is 402 g/mol. The Kier molecular flexibility index (Phi) is 6.69. The highest BCUT2D eigenvalue weighted by molar-refractivity contribution is 7.89. The molecule has 3 rings (SSSR count). The third kappa shape index (κ3) is 5.34. The lowest BCUT2D eigenvalue weighted by Crippen LogP contribution is -2.29. The highest BCUT2D eigenvalue weighted by Gasteiger charge is 2.18. The molecule has 0 aliphatic rings. The number of primary sulfonamides is 1. The SMILES string of the molecule is C[C@@H](c1ccc(S(N)(=O)=O)cc1)N(C)C(=O)CCCc1ncc(-c2ccccc2)o1. The first-order valence-electron chi connectivity index (χ1n) is 9.64. The lowest BCUT2D eigenvalue weighted by Gasteiger charge is -2.25. The van der Waals surface area contributed by atoms with Gasteiger partial charge in [0.05, 0.1) is 17.1 Å². The van der Waals surface area contributed by atoms with E-state index in [-0.39, 0.29) is 16.8 Å². The van der Waals surface area contributed by atoms with Crippen LogP contribution < -0.4 is 5.14 Å². The lowest BCUT2D eigenvalue weighted by molar-refractivity contribution is -0.131. The van der Waals surface area contributed by atoms with Crippen molar-refractivity contribution < 1.29 is 17.6 Å². The number of carbonyl (C=O) groups is 1. The summed E-state index contributed by atoms with van der Waals surface area (Å²) >= 11 is 0. The van der Waals surface area contributed by atoms with Crippen molar-refractivity contribution in [1.29, 1.82) is 0 Å². The van der Waals surface area contributed by atoms with E-state index in [9.17, 15) is 13.2 Å². The summed E-state index contributed by atoms with van der Waals surface area (Å²) in [6.45, 7) is 1.89. The topological polar surface area (TPSA) is 106 Å². The van der Waals surface area contributed by atoms with Crippen LogP contribution in [0.2, 0.25) is 0 Å². The molecule has 8 heteroatoms. The van der Waals surface area contributed by atoms with Crippen molar-refractivity contribution in [2.24, 2.45) is 5.14 Å². The van der Waals surface area contributed by atoms with Crippen LogP contribution in [-0.2, 0) is 21.2 Å². The number of sulfonamides is 1. The van der Waals surface area contributed by atoms with Crippen molar-refractivity contribution in [2.45, 2.75) is 37.1 Å². The van der Waals surface area contributed by atoms with E-state index >= 15 is 0 Å². The second-order valence-electron chi connectivity index (χ2n) is 7.13. The monoisotopic (exact) mass is 427 g/mol. The molecule has 0 unspecified atom stereocenters. The summed E-state index contributed by atoms with van der Waals surface area (Å²) in [7, 11) is -2.00. The van der Waals surface area contributed by atoms with Crippen LogP contribution in [0, 0.1) is 0 Å². The van der Waals surface area contributed by atoms with E-state index in [1.165, 1.54) is 12.1 Å². The molecule has 0 spiro atoms. The molecule has 0 aliphatic carbocycles. The number of oxazole rings is 1. The molecule has 0 fully saturated rings. The molecule has 0 bridgehead atoms. The molecule has 0 radical (unpaired) electrons. The highest BCUT2D eigenvalue weighted by Crippen LogP contribution is 2.23. The quantitative estimate of drug-likeness (QED) is 0.592. The largest absolute Gasteiger partial charge is 0.441 e. The van der Waals surface area contributed by atoms with Crippen LogP contribution in [0.15, 0.2) is 70.1 Å². The number of hydrogen-bond donors (Lipinski definition) is 1. The summed E-state index contributed by atoms with van der Waals surface area (Å²) in [5, 5.41) is 5.12. The van der Waals surface area contributed by atoms with E-state index in [1.807, 2.05) is 37.3 Å². The summed E-state index contributed by atoms with van der Waals surface area (Å²) in [6.07, 6.45) is 3.25. The van der Waals surface area contributed by atoms with Gasteiger partial charge in [0.2, 0.25) is 15.9 Å². The summed E-state index contributed by atoms with van der Waals surface area (Å²) in [5.74, 6) is 1.31. The van der Waals surface area contributed by atoms with Gasteiger partial charge < -0.3 is 9.32 Å². The molecule has 2 aromatic carbocycles. The fraction of sp³-hybridized carbons (Fsp3) is 0.273. The minimum Gasteiger partial charge on any atom is -0.441 e. The Bertz CT molecular complexity index is 1090. The average Bonchev–Trinajstić information content (AvgIpc) is 3.21. The molecule has 1 amide bonds. The minimum absolute atomic E-state index is 0.00661. The number of benzene rings is 2. The maximum Gasteiger partial charge on any atom is 0.238 e. The Hall–Kier alpha value is -2.97. The Morgan fingerprint density at radius 3 is 2.43 bits per heavy atom. The molecule has 1 heterocycles. The van der Waals surface area contributed by atoms with Gasteiger partial charge in [-0.1, -0.05) is 42.5 Å². The molecule has 0 saturated carbocycles. The van der Waals surface area contributed by atoms with Crippen LogP contribution >= 0.6 is 0 Å². The number of hydrogen-bond acceptors (Lipinski definition) is 5. The summed E-state index contributed by atoms with van der Waals surface area (Å²) in [5.41, 5.74) is 1.80. The molecule has 7 nitrogen and oxygen atoms in total. The zero-order valence-corrected chi connectivity index (χ0v) is 17.8. The van der Waals surface area contributed by atoms with Crippen molar-refractivity contribution >= 4 is 15.9 Å². The van der Waals surface area contributed by atoms with Gasteiger partial charge in [-0.15, -0.1) is 0 Å². The third-order valence-electron chi connectivity index (χ3n) is 5.06. The van der Waals surface area contributed by atoms with Gasteiger partial charge in [-0.05, 0) is 31.0 Å². The first-order chi connectivity index (χ1) is 14.3. The van der Waals surface area contributed by atoms with Crippen LogP contribution in [0.25, 0.3) is 11.3 Å². The van der Waals surface area contributed by atoms with Crippen LogP contribution in [0.1, 0.15) is 37.3 Å². The predicted molar refractivity (Wildman–Crippen MR) is 114 cm³/mol. The number of aryl methyl sites for hydroxylation is 1. The lowest BCUT2D eigenvalue weighted by atomic mass is 10.1. The van der Waals surface area contributed by atoms with Crippen LogP contribution in [0.5, 0.6) is 0 Å². The van der Waals surface area contributed by atoms with Gasteiger partial charge in [0.1, 0.15) is 0 Å². The van der Waals surface area contributed by atoms with Crippen molar-refractivity contribution in [3.8, 4) is 11.3 Å². The van der Waals surface area contributed by atoms with E-state index in [2.05, 4.69) is 4.98 Å². The van der Waals surface area contributed by atoms with Crippen LogP contribution in [0.4, 0.5) is 0 Å². The molecule has 158 valence electrons. The second-order valence-corrected chi connectivity index (χ2v) is 8.69. The molecule has 0 aliphatic heterocycles. The molecule has 1 aromatic heterocycles. The first kappa shape index (κ1) is 21.7. The summed E-state index contributed by atoms with van der Waals surface area (Å²) in [6, 6.07) is 15.8. The van der Waals surface area contributed by atoms with Crippen molar-refractivity contribution in [3.63, 3.8) is 0 Å². The summed E-state index contributed by atoms with van der Waals surface area (Å²) < 4.78 is 28.5. The van der Waals surface area contributed by atoms with Crippen LogP contribution in [-0.4, -0.2) is 31.3 Å². The molecular formula is C22H25N3O4S. The van der Waals surface area contributed by atoms with E-state index in [0.29, 0.717) is 30.9 Å². The fourth-order valence-corrected chi connectivity index (χ4v) is 3.62. The van der Waals surface area contributed by atoms with Crippen molar-refractivity contribution in [2.75, 3.05) is 7.05 Å². The van der Waals surface area contributed by atoms with E-state index < -0.39 is 10.0 Å². The summed E-state index contributed by atoms with van der Waals surface area (Å²) in [4.78, 5) is 18.6. The second kappa shape index (κ2) is 9.23. The molecule has 2 N–H and O–H groups in total. The Morgan fingerprint density at radius 1 is 1.13 bits per heavy atom. The molecule has 3 aromatic rings. The first-order valence-corrected chi connectivity index (χ1v) is 11.2. The molecule has 1 atom stereocenters. The number of nitrogens with two attached hydrogens (primary N) is 1. The van der Waals surface area contributed by atoms with E-state index in [4.69, 9.17) is 9.56 Å². The Morgan fingerprint density at radius 2 is 1.80 bits per heavy atom. The normalized spacial score (nSPS) is 12.5. The van der Waals surface area contributed by atoms with E-state index in [0.717, 1.165) is 11.1 Å². The van der Waals surface area contributed by atoms with Crippen molar-refractivity contribution in [1.82, 2.24) is 9.88 Å². The van der Waals surface area contributed by atoms with Crippen LogP contribution in [0.3, 0.4) is 0 Å². The van der Waals surface area contributed by atoms with Gasteiger partial charge >= 0.3 is 0 Å². The maximum absolute atomic E-state index is 12.6. The van der Waals surface area contributed by atoms with E-state index in [1.54, 1.807) is 30.3 Å². The number of carbonyl (C=O) groups excluding carboxylic acids is 1. The van der Waals surface area contributed by atoms with Gasteiger partial charge in [-0.3, -0.25) is 4.79 Å². The minimum atomic E-state index is -3.73. The highest BCUT2D eigenvalue weighted by atomic mass is 32.2. The maximum atomic E-state index is 12.6. The number of amides is 1. The smallest absolute Gasteiger partial charge is 0.238 e. The van der Waals surface area contributed by atoms with Gasteiger partial charge in [0.15, 0.2) is 11.7 Å². The predicted octanol–water partition coefficient (Wildman–Crippen LogP) is 3.53. The Balaban J connectivity index is 1.52. The molecule has 0 saturated heterocycles. The fourth-order valence-electron chi connectivity index (χ4n) is 3.10. The zero-order chi connectivity index (χ0) is 21.7. The standard InChI is InChI=1S/C22H25N3O4S/c1-16(17-11-13-19(14-12-17)30(23,27)28)25(2)22(26)10-6-9-21-24-15-20(29-21)18-7-4-3-5-8-18/h3-5,7-8,11-16H,6,9-10H2,1-2H3,(H2,23,27,28)/t16-/m0/s1. The number of aromatic nitrogens is 1. The zero-order valence-electron chi connectivity index (χ0n) is 17.0. The molecule has 30 heavy (non-hydrogen) atoms. The van der Waals surface area contributed by atoms with Gasteiger partial charge in [0, 0.05) is 25.5 Å². The van der Waals surface area contributed by atoms with Crippen molar-refractivity contribution in [3.05, 3.63) is 72.2 Å². The average molecular weight is 428 g/mol. The van der Waals surface area contributed by atoms with Gasteiger partial charge in [-0.2, -0.15) is 0 Å².